The van der Waals surface area contributed by atoms with Crippen LogP contribution in [0, 0.1) is 13.8 Å². The average Bonchev–Trinajstić information content (AvgIpc) is 2.66. The van der Waals surface area contributed by atoms with Gasteiger partial charge in [-0.3, -0.25) is 9.78 Å². The van der Waals surface area contributed by atoms with Gasteiger partial charge < -0.3 is 14.4 Å². The summed E-state index contributed by atoms with van der Waals surface area (Å²) < 4.78 is 10.6. The van der Waals surface area contributed by atoms with E-state index < -0.39 is 0 Å². The van der Waals surface area contributed by atoms with Crippen molar-refractivity contribution in [3.63, 3.8) is 0 Å². The summed E-state index contributed by atoms with van der Waals surface area (Å²) in [5.41, 5.74) is 4.03. The fourth-order valence-electron chi connectivity index (χ4n) is 2.94. The number of hydrogen-bond donors (Lipinski definition) is 0. The number of ether oxygens (including phenoxy) is 2. The maximum absolute atomic E-state index is 13.1. The standard InChI is InChI=1S/C21H22N2O3/c1-13-6-8-18-15(10-13)11-17(14(2)22-18)21(24)23(3)16-7-9-19(25-4)20(12-16)26-5/h6-12H,1-5H3. The Morgan fingerprint density at radius 2 is 1.69 bits per heavy atom. The van der Waals surface area contributed by atoms with Gasteiger partial charge in [0.25, 0.3) is 5.91 Å². The van der Waals surface area contributed by atoms with E-state index in [1.807, 2.05) is 44.2 Å². The molecule has 3 aromatic rings. The Balaban J connectivity index is 2.00. The van der Waals surface area contributed by atoms with Crippen LogP contribution < -0.4 is 14.4 Å². The minimum atomic E-state index is -0.120. The third kappa shape index (κ3) is 3.20. The number of rotatable bonds is 4. The maximum Gasteiger partial charge on any atom is 0.259 e. The average molecular weight is 350 g/mol. The van der Waals surface area contributed by atoms with Crippen molar-refractivity contribution in [2.45, 2.75) is 13.8 Å². The van der Waals surface area contributed by atoms with Gasteiger partial charge in [-0.25, -0.2) is 0 Å². The highest BCUT2D eigenvalue weighted by molar-refractivity contribution is 6.08. The number of anilines is 1. The van der Waals surface area contributed by atoms with Crippen LogP contribution in [0.2, 0.25) is 0 Å². The van der Waals surface area contributed by atoms with Gasteiger partial charge in [-0.2, -0.15) is 0 Å². The molecule has 0 unspecified atom stereocenters. The lowest BCUT2D eigenvalue weighted by molar-refractivity contribution is 0.0992. The third-order valence-corrected chi connectivity index (χ3v) is 4.45. The molecular weight excluding hydrogens is 328 g/mol. The van der Waals surface area contributed by atoms with E-state index in [1.165, 1.54) is 0 Å². The van der Waals surface area contributed by atoms with Crippen LogP contribution in [0.4, 0.5) is 5.69 Å². The van der Waals surface area contributed by atoms with Crippen LogP contribution in [0.25, 0.3) is 10.9 Å². The van der Waals surface area contributed by atoms with E-state index in [1.54, 1.807) is 38.3 Å². The number of aryl methyl sites for hydroxylation is 2. The second-order valence-electron chi connectivity index (χ2n) is 6.22. The predicted octanol–water partition coefficient (Wildman–Crippen LogP) is 4.15. The summed E-state index contributed by atoms with van der Waals surface area (Å²) in [5, 5.41) is 0.958. The van der Waals surface area contributed by atoms with E-state index in [-0.39, 0.29) is 5.91 Å². The molecule has 3 rings (SSSR count). The summed E-state index contributed by atoms with van der Waals surface area (Å²) in [6.07, 6.45) is 0. The van der Waals surface area contributed by atoms with Gasteiger partial charge in [0.2, 0.25) is 0 Å². The molecule has 26 heavy (non-hydrogen) atoms. The Morgan fingerprint density at radius 1 is 0.962 bits per heavy atom. The molecule has 1 aromatic heterocycles. The fourth-order valence-corrected chi connectivity index (χ4v) is 2.94. The van der Waals surface area contributed by atoms with Crippen molar-refractivity contribution in [3.05, 3.63) is 59.3 Å². The molecule has 0 fully saturated rings. The quantitative estimate of drug-likeness (QED) is 0.709. The lowest BCUT2D eigenvalue weighted by Gasteiger charge is -2.20. The van der Waals surface area contributed by atoms with Crippen LogP contribution in [0.3, 0.4) is 0 Å². The number of carbonyl (C=O) groups excluding carboxylic acids is 1. The third-order valence-electron chi connectivity index (χ3n) is 4.45. The van der Waals surface area contributed by atoms with Crippen molar-refractivity contribution in [2.24, 2.45) is 0 Å². The smallest absolute Gasteiger partial charge is 0.259 e. The summed E-state index contributed by atoms with van der Waals surface area (Å²) in [6, 6.07) is 13.3. The Labute approximate surface area is 153 Å². The van der Waals surface area contributed by atoms with Crippen LogP contribution in [0.5, 0.6) is 11.5 Å². The molecule has 0 N–H and O–H groups in total. The first kappa shape index (κ1) is 17.7. The van der Waals surface area contributed by atoms with Crippen molar-refractivity contribution in [2.75, 3.05) is 26.2 Å². The van der Waals surface area contributed by atoms with Gasteiger partial charge in [0, 0.05) is 24.2 Å². The molecule has 0 aliphatic rings. The number of methoxy groups -OCH3 is 2. The van der Waals surface area contributed by atoms with E-state index >= 15 is 0 Å². The molecular formula is C21H22N2O3. The van der Waals surface area contributed by atoms with Crippen molar-refractivity contribution in [3.8, 4) is 11.5 Å². The Bertz CT molecular complexity index is 982. The van der Waals surface area contributed by atoms with E-state index in [9.17, 15) is 4.79 Å². The molecule has 0 atom stereocenters. The van der Waals surface area contributed by atoms with Crippen LogP contribution in [-0.4, -0.2) is 32.2 Å². The van der Waals surface area contributed by atoms with Crippen LogP contribution in [-0.2, 0) is 0 Å². The van der Waals surface area contributed by atoms with Gasteiger partial charge >= 0.3 is 0 Å². The first-order valence-electron chi connectivity index (χ1n) is 8.32. The zero-order chi connectivity index (χ0) is 18.8. The fraction of sp³-hybridized carbons (Fsp3) is 0.238. The molecule has 0 aliphatic heterocycles. The Hall–Kier alpha value is -3.08. The van der Waals surface area contributed by atoms with Crippen molar-refractivity contribution >= 4 is 22.5 Å². The summed E-state index contributed by atoms with van der Waals surface area (Å²) in [7, 11) is 4.89. The number of benzene rings is 2. The first-order chi connectivity index (χ1) is 12.4. The topological polar surface area (TPSA) is 51.7 Å². The summed E-state index contributed by atoms with van der Waals surface area (Å²) in [5.74, 6) is 1.08. The normalized spacial score (nSPS) is 10.7. The highest BCUT2D eigenvalue weighted by Crippen LogP contribution is 2.32. The largest absolute Gasteiger partial charge is 0.493 e. The number of nitrogens with zero attached hydrogens (tertiary/aromatic N) is 2. The van der Waals surface area contributed by atoms with Gasteiger partial charge in [-0.05, 0) is 44.2 Å². The molecule has 0 radical (unpaired) electrons. The number of carbonyl (C=O) groups is 1. The molecule has 0 saturated heterocycles. The van der Waals surface area contributed by atoms with Crippen molar-refractivity contribution < 1.29 is 14.3 Å². The van der Waals surface area contributed by atoms with Crippen LogP contribution in [0.1, 0.15) is 21.6 Å². The molecule has 0 spiro atoms. The van der Waals surface area contributed by atoms with Crippen LogP contribution in [0.15, 0.2) is 42.5 Å². The van der Waals surface area contributed by atoms with E-state index in [4.69, 9.17) is 9.47 Å². The van der Waals surface area contributed by atoms with Gasteiger partial charge in [0.15, 0.2) is 11.5 Å². The van der Waals surface area contributed by atoms with E-state index in [0.29, 0.717) is 22.8 Å². The number of hydrogen-bond acceptors (Lipinski definition) is 4. The van der Waals surface area contributed by atoms with Crippen molar-refractivity contribution in [1.82, 2.24) is 4.98 Å². The predicted molar refractivity (Wildman–Crippen MR) is 103 cm³/mol. The Kier molecular flexibility index (Phi) is 4.80. The number of pyridine rings is 1. The van der Waals surface area contributed by atoms with Gasteiger partial charge in [-0.1, -0.05) is 11.6 Å². The second kappa shape index (κ2) is 7.04. The monoisotopic (exact) mass is 350 g/mol. The van der Waals surface area contributed by atoms with E-state index in [2.05, 4.69) is 4.98 Å². The second-order valence-corrected chi connectivity index (χ2v) is 6.22. The van der Waals surface area contributed by atoms with Crippen LogP contribution >= 0.6 is 0 Å². The molecule has 0 saturated carbocycles. The minimum Gasteiger partial charge on any atom is -0.493 e. The molecule has 0 bridgehead atoms. The molecule has 0 aliphatic carbocycles. The molecule has 2 aromatic carbocycles. The summed E-state index contributed by atoms with van der Waals surface area (Å²) >= 11 is 0. The van der Waals surface area contributed by atoms with E-state index in [0.717, 1.165) is 22.2 Å². The van der Waals surface area contributed by atoms with Gasteiger partial charge in [-0.15, -0.1) is 0 Å². The molecule has 1 heterocycles. The maximum atomic E-state index is 13.1. The molecule has 5 heteroatoms. The molecule has 134 valence electrons. The SMILES string of the molecule is COc1ccc(N(C)C(=O)c2cc3cc(C)ccc3nc2C)cc1OC. The zero-order valence-electron chi connectivity index (χ0n) is 15.7. The first-order valence-corrected chi connectivity index (χ1v) is 8.32. The summed E-state index contributed by atoms with van der Waals surface area (Å²) in [6.45, 7) is 3.88. The number of amides is 1. The molecule has 5 nitrogen and oxygen atoms in total. The van der Waals surface area contributed by atoms with Gasteiger partial charge in [0.05, 0.1) is 31.0 Å². The number of fused-ring (bicyclic) bond motifs is 1. The number of aromatic nitrogens is 1. The highest BCUT2D eigenvalue weighted by atomic mass is 16.5. The van der Waals surface area contributed by atoms with Crippen molar-refractivity contribution in [1.29, 1.82) is 0 Å². The minimum absolute atomic E-state index is 0.120. The summed E-state index contributed by atoms with van der Waals surface area (Å²) in [4.78, 5) is 19.2. The van der Waals surface area contributed by atoms with Gasteiger partial charge in [0.1, 0.15) is 0 Å². The Morgan fingerprint density at radius 3 is 2.38 bits per heavy atom. The highest BCUT2D eigenvalue weighted by Gasteiger charge is 2.19. The lowest BCUT2D eigenvalue weighted by atomic mass is 10.1. The zero-order valence-corrected chi connectivity index (χ0v) is 15.7. The molecule has 1 amide bonds. The lowest BCUT2D eigenvalue weighted by Crippen LogP contribution is -2.27.